The number of carbonyl (C=O) groups is 1. The molecule has 3 nitrogen and oxygen atoms in total. The molecule has 0 aromatic heterocycles. The van der Waals surface area contributed by atoms with Crippen LogP contribution in [0.15, 0.2) is 48.5 Å². The Morgan fingerprint density at radius 1 is 1.11 bits per heavy atom. The van der Waals surface area contributed by atoms with Crippen molar-refractivity contribution < 1.29 is 4.79 Å². The number of para-hydroxylation sites is 1. The SMILES string of the molecule is NC1C(=O)N(Cc2ccccc2Cl)c2ccccc21. The number of halogens is 1. The highest BCUT2D eigenvalue weighted by Crippen LogP contribution is 2.35. The number of rotatable bonds is 2. The second-order valence-corrected chi connectivity index (χ2v) is 4.96. The largest absolute Gasteiger partial charge is 0.316 e. The van der Waals surface area contributed by atoms with E-state index in [4.69, 9.17) is 17.3 Å². The first-order valence-electron chi connectivity index (χ1n) is 6.08. The van der Waals surface area contributed by atoms with Gasteiger partial charge in [0.1, 0.15) is 6.04 Å². The average Bonchev–Trinajstić information content (AvgIpc) is 2.67. The van der Waals surface area contributed by atoms with Crippen molar-refractivity contribution in [3.05, 3.63) is 64.7 Å². The van der Waals surface area contributed by atoms with Gasteiger partial charge >= 0.3 is 0 Å². The van der Waals surface area contributed by atoms with Gasteiger partial charge in [0.15, 0.2) is 0 Å². The molecule has 1 aliphatic heterocycles. The van der Waals surface area contributed by atoms with Crippen molar-refractivity contribution in [3.8, 4) is 0 Å². The van der Waals surface area contributed by atoms with Crippen LogP contribution in [-0.2, 0) is 11.3 Å². The van der Waals surface area contributed by atoms with Crippen molar-refractivity contribution in [1.82, 2.24) is 0 Å². The Morgan fingerprint density at radius 2 is 1.79 bits per heavy atom. The molecule has 4 heteroatoms. The summed E-state index contributed by atoms with van der Waals surface area (Å²) in [6.45, 7) is 0.448. The summed E-state index contributed by atoms with van der Waals surface area (Å²) in [6, 6.07) is 14.6. The zero-order valence-electron chi connectivity index (χ0n) is 10.2. The number of amides is 1. The number of benzene rings is 2. The molecule has 0 radical (unpaired) electrons. The minimum Gasteiger partial charge on any atom is -0.316 e. The van der Waals surface area contributed by atoms with E-state index < -0.39 is 6.04 Å². The molecule has 1 atom stereocenters. The number of hydrogen-bond acceptors (Lipinski definition) is 2. The molecule has 2 aromatic carbocycles. The summed E-state index contributed by atoms with van der Waals surface area (Å²) in [6.07, 6.45) is 0. The minimum atomic E-state index is -0.571. The van der Waals surface area contributed by atoms with Crippen molar-refractivity contribution in [3.63, 3.8) is 0 Å². The Morgan fingerprint density at radius 3 is 2.58 bits per heavy atom. The van der Waals surface area contributed by atoms with Crippen molar-refractivity contribution in [2.24, 2.45) is 5.73 Å². The maximum atomic E-state index is 12.2. The zero-order valence-corrected chi connectivity index (χ0v) is 11.0. The number of nitrogens with two attached hydrogens (primary N) is 1. The fourth-order valence-electron chi connectivity index (χ4n) is 2.38. The molecule has 1 amide bonds. The van der Waals surface area contributed by atoms with E-state index in [-0.39, 0.29) is 5.91 Å². The van der Waals surface area contributed by atoms with Crippen LogP contribution in [-0.4, -0.2) is 5.91 Å². The molecule has 3 rings (SSSR count). The predicted octanol–water partition coefficient (Wildman–Crippen LogP) is 2.89. The third-order valence-electron chi connectivity index (χ3n) is 3.38. The van der Waals surface area contributed by atoms with Crippen LogP contribution in [0.1, 0.15) is 17.2 Å². The molecule has 1 heterocycles. The molecule has 2 aromatic rings. The molecule has 0 bridgehead atoms. The summed E-state index contributed by atoms with van der Waals surface area (Å²) >= 11 is 6.14. The Kier molecular flexibility index (Phi) is 3.01. The van der Waals surface area contributed by atoms with Crippen LogP contribution in [0.5, 0.6) is 0 Å². The Bertz CT molecular complexity index is 642. The molecule has 1 aliphatic rings. The maximum Gasteiger partial charge on any atom is 0.248 e. The lowest BCUT2D eigenvalue weighted by atomic mass is 10.1. The van der Waals surface area contributed by atoms with Gasteiger partial charge in [-0.25, -0.2) is 0 Å². The molecular weight excluding hydrogens is 260 g/mol. The van der Waals surface area contributed by atoms with Crippen LogP contribution in [0, 0.1) is 0 Å². The first-order chi connectivity index (χ1) is 9.18. The average molecular weight is 273 g/mol. The van der Waals surface area contributed by atoms with Crippen LogP contribution in [0.4, 0.5) is 5.69 Å². The first-order valence-corrected chi connectivity index (χ1v) is 6.45. The molecule has 0 saturated carbocycles. The summed E-state index contributed by atoms with van der Waals surface area (Å²) in [5, 5.41) is 0.660. The number of carbonyl (C=O) groups excluding carboxylic acids is 1. The van der Waals surface area contributed by atoms with Crippen LogP contribution in [0.25, 0.3) is 0 Å². The Labute approximate surface area is 116 Å². The topological polar surface area (TPSA) is 46.3 Å². The number of fused-ring (bicyclic) bond motifs is 1. The standard InChI is InChI=1S/C15H13ClN2O/c16-12-7-3-1-5-10(12)9-18-13-8-4-2-6-11(13)14(17)15(18)19/h1-8,14H,9,17H2. The van der Waals surface area contributed by atoms with Gasteiger partial charge in [-0.1, -0.05) is 48.0 Å². The van der Waals surface area contributed by atoms with Gasteiger partial charge in [0.25, 0.3) is 0 Å². The van der Waals surface area contributed by atoms with E-state index in [1.807, 2.05) is 48.5 Å². The molecule has 0 spiro atoms. The summed E-state index contributed by atoms with van der Waals surface area (Å²) in [7, 11) is 0. The summed E-state index contributed by atoms with van der Waals surface area (Å²) < 4.78 is 0. The second-order valence-electron chi connectivity index (χ2n) is 4.55. The number of nitrogens with zero attached hydrogens (tertiary/aromatic N) is 1. The van der Waals surface area contributed by atoms with Crippen molar-refractivity contribution in [1.29, 1.82) is 0 Å². The Hall–Kier alpha value is -1.84. The van der Waals surface area contributed by atoms with Crippen LogP contribution >= 0.6 is 11.6 Å². The van der Waals surface area contributed by atoms with Crippen molar-refractivity contribution in [2.75, 3.05) is 4.90 Å². The first kappa shape index (κ1) is 12.2. The lowest BCUT2D eigenvalue weighted by Gasteiger charge is -2.18. The molecule has 96 valence electrons. The maximum absolute atomic E-state index is 12.2. The normalized spacial score (nSPS) is 17.7. The third kappa shape index (κ3) is 2.01. The predicted molar refractivity (Wildman–Crippen MR) is 76.0 cm³/mol. The minimum absolute atomic E-state index is 0.0823. The monoisotopic (exact) mass is 272 g/mol. The number of anilines is 1. The third-order valence-corrected chi connectivity index (χ3v) is 3.75. The van der Waals surface area contributed by atoms with Crippen LogP contribution in [0.3, 0.4) is 0 Å². The van der Waals surface area contributed by atoms with Gasteiger partial charge in [0, 0.05) is 16.3 Å². The van der Waals surface area contributed by atoms with Gasteiger partial charge < -0.3 is 10.6 Å². The van der Waals surface area contributed by atoms with Gasteiger partial charge in [0.2, 0.25) is 5.91 Å². The van der Waals surface area contributed by atoms with Gasteiger partial charge in [-0.15, -0.1) is 0 Å². The van der Waals surface area contributed by atoms with Crippen molar-refractivity contribution in [2.45, 2.75) is 12.6 Å². The van der Waals surface area contributed by atoms with E-state index in [1.54, 1.807) is 4.90 Å². The fraction of sp³-hybridized carbons (Fsp3) is 0.133. The van der Waals surface area contributed by atoms with E-state index in [2.05, 4.69) is 0 Å². The molecule has 19 heavy (non-hydrogen) atoms. The highest BCUT2D eigenvalue weighted by atomic mass is 35.5. The van der Waals surface area contributed by atoms with E-state index in [0.717, 1.165) is 16.8 Å². The molecule has 0 saturated heterocycles. The van der Waals surface area contributed by atoms with E-state index in [9.17, 15) is 4.79 Å². The summed E-state index contributed by atoms with van der Waals surface area (Å²) in [5.74, 6) is -0.0823. The van der Waals surface area contributed by atoms with E-state index in [0.29, 0.717) is 11.6 Å². The fourth-order valence-corrected chi connectivity index (χ4v) is 2.57. The summed E-state index contributed by atoms with van der Waals surface area (Å²) in [4.78, 5) is 13.9. The molecule has 0 fully saturated rings. The molecule has 2 N–H and O–H groups in total. The smallest absolute Gasteiger partial charge is 0.248 e. The van der Waals surface area contributed by atoms with Gasteiger partial charge in [0.05, 0.1) is 6.54 Å². The second kappa shape index (κ2) is 4.68. The lowest BCUT2D eigenvalue weighted by Crippen LogP contribution is -2.31. The van der Waals surface area contributed by atoms with E-state index >= 15 is 0 Å². The van der Waals surface area contributed by atoms with Gasteiger partial charge in [-0.3, -0.25) is 4.79 Å². The van der Waals surface area contributed by atoms with Crippen molar-refractivity contribution >= 4 is 23.2 Å². The van der Waals surface area contributed by atoms with Crippen LogP contribution < -0.4 is 10.6 Å². The number of hydrogen-bond donors (Lipinski definition) is 1. The summed E-state index contributed by atoms with van der Waals surface area (Å²) in [5.41, 5.74) is 8.62. The zero-order chi connectivity index (χ0) is 13.4. The highest BCUT2D eigenvalue weighted by Gasteiger charge is 2.34. The highest BCUT2D eigenvalue weighted by molar-refractivity contribution is 6.31. The van der Waals surface area contributed by atoms with E-state index in [1.165, 1.54) is 0 Å². The molecule has 1 unspecified atom stereocenters. The quantitative estimate of drug-likeness (QED) is 0.914. The van der Waals surface area contributed by atoms with Crippen LogP contribution in [0.2, 0.25) is 5.02 Å². The van der Waals surface area contributed by atoms with Gasteiger partial charge in [-0.2, -0.15) is 0 Å². The lowest BCUT2D eigenvalue weighted by molar-refractivity contribution is -0.119. The molecular formula is C15H13ClN2O. The Balaban J connectivity index is 1.98. The molecule has 0 aliphatic carbocycles. The van der Waals surface area contributed by atoms with Gasteiger partial charge in [-0.05, 0) is 17.7 Å².